The Balaban J connectivity index is 1.34. The summed E-state index contributed by atoms with van der Waals surface area (Å²) in [5, 5.41) is 5.10. The Morgan fingerprint density at radius 1 is 0.659 bits per heavy atom. The van der Waals surface area contributed by atoms with Crippen molar-refractivity contribution in [3.63, 3.8) is 0 Å². The standard InChI is InChI=1S/C38H29BN2/c1-22-18-28(26-13-8-12-25-27-20-23-10-4-5-11-24(23)21-32(27)40-36(25)26)35-34(19-22)41-33-17-7-6-14-29(33)38(2,3)30-15-9-16-31(39-35)37(30)41/h4-21,39-40H,1-3H3. The maximum atomic E-state index is 3.84. The fourth-order valence-electron chi connectivity index (χ4n) is 7.67. The highest BCUT2D eigenvalue weighted by Gasteiger charge is 2.40. The van der Waals surface area contributed by atoms with Gasteiger partial charge in [0.05, 0.1) is 11.2 Å². The molecule has 0 saturated carbocycles. The van der Waals surface area contributed by atoms with Gasteiger partial charge < -0.3 is 9.88 Å². The Labute approximate surface area is 240 Å². The molecule has 2 aliphatic rings. The number of aromatic nitrogens is 1. The predicted molar refractivity (Wildman–Crippen MR) is 177 cm³/mol. The molecule has 6 aromatic carbocycles. The minimum Gasteiger partial charge on any atom is -0.354 e. The number of aromatic amines is 1. The number of nitrogens with zero attached hydrogens (tertiary/aromatic N) is 1. The van der Waals surface area contributed by atoms with Crippen LogP contribution >= 0.6 is 0 Å². The smallest absolute Gasteiger partial charge is 0.198 e. The molecule has 0 saturated heterocycles. The second-order valence-electron chi connectivity index (χ2n) is 12.4. The summed E-state index contributed by atoms with van der Waals surface area (Å²) >= 11 is 0. The monoisotopic (exact) mass is 524 g/mol. The summed E-state index contributed by atoms with van der Waals surface area (Å²) in [6.45, 7) is 6.98. The van der Waals surface area contributed by atoms with Crippen LogP contribution in [0.5, 0.6) is 0 Å². The Bertz CT molecular complexity index is 2240. The minimum atomic E-state index is -0.0535. The van der Waals surface area contributed by atoms with Crippen LogP contribution in [0.25, 0.3) is 43.7 Å². The van der Waals surface area contributed by atoms with Crippen LogP contribution < -0.4 is 15.8 Å². The van der Waals surface area contributed by atoms with Gasteiger partial charge in [0, 0.05) is 38.6 Å². The van der Waals surface area contributed by atoms with Crippen molar-refractivity contribution in [2.24, 2.45) is 0 Å². The van der Waals surface area contributed by atoms with E-state index < -0.39 is 0 Å². The zero-order valence-electron chi connectivity index (χ0n) is 23.5. The molecule has 2 nitrogen and oxygen atoms in total. The van der Waals surface area contributed by atoms with Crippen molar-refractivity contribution in [1.29, 1.82) is 0 Å². The average molecular weight is 524 g/mol. The molecule has 1 N–H and O–H groups in total. The number of nitrogens with one attached hydrogen (secondary N) is 1. The van der Waals surface area contributed by atoms with E-state index in [1.165, 1.54) is 88.4 Å². The summed E-state index contributed by atoms with van der Waals surface area (Å²) < 4.78 is 0. The van der Waals surface area contributed by atoms with Gasteiger partial charge in [0.2, 0.25) is 0 Å². The molecule has 0 amide bonds. The Kier molecular flexibility index (Phi) is 4.44. The summed E-state index contributed by atoms with van der Waals surface area (Å²) in [6.07, 6.45) is 0. The SMILES string of the molecule is Cc1cc(-c2cccc3c2[nH]c2cc4ccccc4cc23)c2c(c1)N1c3ccccc3C(C)(C)c3cccc(c31)B2. The van der Waals surface area contributed by atoms with Crippen molar-refractivity contribution in [1.82, 2.24) is 4.98 Å². The molecule has 0 bridgehead atoms. The van der Waals surface area contributed by atoms with Crippen molar-refractivity contribution < 1.29 is 0 Å². The van der Waals surface area contributed by atoms with Gasteiger partial charge in [-0.05, 0) is 69.7 Å². The molecular formula is C38H29BN2. The van der Waals surface area contributed by atoms with E-state index in [0.717, 1.165) is 7.28 Å². The molecule has 2 aliphatic heterocycles. The van der Waals surface area contributed by atoms with E-state index in [1.807, 2.05) is 0 Å². The predicted octanol–water partition coefficient (Wildman–Crippen LogP) is 8.26. The van der Waals surface area contributed by atoms with Crippen molar-refractivity contribution in [3.05, 3.63) is 126 Å². The number of fused-ring (bicyclic) bond motifs is 8. The summed E-state index contributed by atoms with van der Waals surface area (Å²) in [6, 6.07) is 40.7. The number of H-pyrrole nitrogens is 1. The number of para-hydroxylation sites is 3. The molecule has 3 heterocycles. The maximum Gasteiger partial charge on any atom is 0.198 e. The number of hydrogen-bond donors (Lipinski definition) is 1. The van der Waals surface area contributed by atoms with Gasteiger partial charge in [0.15, 0.2) is 7.28 Å². The topological polar surface area (TPSA) is 19.0 Å². The first-order chi connectivity index (χ1) is 20.0. The third-order valence-electron chi connectivity index (χ3n) is 9.60. The van der Waals surface area contributed by atoms with E-state index in [-0.39, 0.29) is 5.41 Å². The van der Waals surface area contributed by atoms with Gasteiger partial charge >= 0.3 is 0 Å². The lowest BCUT2D eigenvalue weighted by Crippen LogP contribution is -2.45. The first-order valence-corrected chi connectivity index (χ1v) is 14.6. The maximum absolute atomic E-state index is 3.84. The van der Waals surface area contributed by atoms with E-state index >= 15 is 0 Å². The van der Waals surface area contributed by atoms with Gasteiger partial charge in [0.25, 0.3) is 0 Å². The van der Waals surface area contributed by atoms with Crippen LogP contribution in [0.15, 0.2) is 109 Å². The van der Waals surface area contributed by atoms with Gasteiger partial charge in [0.1, 0.15) is 0 Å². The summed E-state index contributed by atoms with van der Waals surface area (Å²) in [7, 11) is 0.920. The molecule has 0 unspecified atom stereocenters. The second kappa shape index (κ2) is 7.92. The van der Waals surface area contributed by atoms with E-state index in [0.29, 0.717) is 0 Å². The number of rotatable bonds is 1. The van der Waals surface area contributed by atoms with Crippen LogP contribution in [0, 0.1) is 6.92 Å². The largest absolute Gasteiger partial charge is 0.354 e. The molecule has 0 aliphatic carbocycles. The van der Waals surface area contributed by atoms with Gasteiger partial charge in [-0.25, -0.2) is 0 Å². The van der Waals surface area contributed by atoms with Gasteiger partial charge in [-0.1, -0.05) is 104 Å². The second-order valence-corrected chi connectivity index (χ2v) is 12.4. The quantitative estimate of drug-likeness (QED) is 0.214. The lowest BCUT2D eigenvalue weighted by molar-refractivity contribution is 0.632. The van der Waals surface area contributed by atoms with Crippen LogP contribution in [0.4, 0.5) is 17.1 Å². The Hall–Kier alpha value is -4.76. The first kappa shape index (κ1) is 23.0. The van der Waals surface area contributed by atoms with E-state index in [9.17, 15) is 0 Å². The van der Waals surface area contributed by atoms with Gasteiger partial charge in [-0.3, -0.25) is 0 Å². The highest BCUT2D eigenvalue weighted by atomic mass is 15.2. The van der Waals surface area contributed by atoms with Crippen molar-refractivity contribution in [2.75, 3.05) is 4.90 Å². The first-order valence-electron chi connectivity index (χ1n) is 14.6. The lowest BCUT2D eigenvalue weighted by atomic mass is 9.56. The molecule has 3 heteroatoms. The molecule has 7 aromatic rings. The zero-order valence-corrected chi connectivity index (χ0v) is 23.5. The summed E-state index contributed by atoms with van der Waals surface area (Å²) in [4.78, 5) is 6.40. The fourth-order valence-corrected chi connectivity index (χ4v) is 7.67. The summed E-state index contributed by atoms with van der Waals surface area (Å²) in [5.74, 6) is 0. The molecule has 0 atom stereocenters. The molecule has 0 radical (unpaired) electrons. The molecule has 9 rings (SSSR count). The van der Waals surface area contributed by atoms with Crippen LogP contribution in [0.1, 0.15) is 30.5 Å². The number of anilines is 3. The Morgan fingerprint density at radius 3 is 2.29 bits per heavy atom. The van der Waals surface area contributed by atoms with Gasteiger partial charge in [-0.15, -0.1) is 0 Å². The van der Waals surface area contributed by atoms with Crippen molar-refractivity contribution in [2.45, 2.75) is 26.2 Å². The van der Waals surface area contributed by atoms with Crippen LogP contribution in [0.2, 0.25) is 0 Å². The third-order valence-corrected chi connectivity index (χ3v) is 9.60. The number of benzene rings is 6. The van der Waals surface area contributed by atoms with E-state index in [4.69, 9.17) is 0 Å². The highest BCUT2D eigenvalue weighted by molar-refractivity contribution is 6.73. The Morgan fingerprint density at radius 2 is 1.41 bits per heavy atom. The molecule has 0 spiro atoms. The molecule has 194 valence electrons. The normalized spacial score (nSPS) is 14.6. The molecule has 41 heavy (non-hydrogen) atoms. The lowest BCUT2D eigenvalue weighted by Gasteiger charge is -2.46. The van der Waals surface area contributed by atoms with Gasteiger partial charge in [-0.2, -0.15) is 0 Å². The molecule has 0 fully saturated rings. The molecule has 1 aromatic heterocycles. The average Bonchev–Trinajstić information content (AvgIpc) is 3.35. The van der Waals surface area contributed by atoms with Crippen LogP contribution in [0.3, 0.4) is 0 Å². The number of aryl methyl sites for hydroxylation is 1. The van der Waals surface area contributed by atoms with Crippen molar-refractivity contribution >= 4 is 67.8 Å². The van der Waals surface area contributed by atoms with E-state index in [2.05, 4.69) is 140 Å². The summed E-state index contributed by atoms with van der Waals surface area (Å²) in [5.41, 5.74) is 15.8. The van der Waals surface area contributed by atoms with Crippen LogP contribution in [-0.2, 0) is 5.41 Å². The van der Waals surface area contributed by atoms with E-state index in [1.54, 1.807) is 0 Å². The molecular weight excluding hydrogens is 495 g/mol. The zero-order chi connectivity index (χ0) is 27.5. The highest BCUT2D eigenvalue weighted by Crippen LogP contribution is 2.52. The number of hydrogen-bond acceptors (Lipinski definition) is 1. The van der Waals surface area contributed by atoms with Crippen molar-refractivity contribution in [3.8, 4) is 11.1 Å². The minimum absolute atomic E-state index is 0.0535. The fraction of sp³-hybridized carbons (Fsp3) is 0.105. The third kappa shape index (κ3) is 3.04. The van der Waals surface area contributed by atoms with Crippen LogP contribution in [-0.4, -0.2) is 12.3 Å².